The lowest BCUT2D eigenvalue weighted by Gasteiger charge is -2.26. The summed E-state index contributed by atoms with van der Waals surface area (Å²) in [6.07, 6.45) is -3.28. The highest BCUT2D eigenvalue weighted by atomic mass is 32.2. The van der Waals surface area contributed by atoms with Gasteiger partial charge in [-0.2, -0.15) is 24.9 Å². The molecule has 2 N–H and O–H groups in total. The van der Waals surface area contributed by atoms with Gasteiger partial charge < -0.3 is 15.3 Å². The fourth-order valence-corrected chi connectivity index (χ4v) is 2.83. The number of nitrogens with zero attached hydrogens (tertiary/aromatic N) is 1. The zero-order valence-corrected chi connectivity index (χ0v) is 13.7. The van der Waals surface area contributed by atoms with Gasteiger partial charge in [-0.25, -0.2) is 4.79 Å². The predicted octanol–water partition coefficient (Wildman–Crippen LogP) is 3.64. The first-order valence-corrected chi connectivity index (χ1v) is 8.43. The maximum absolute atomic E-state index is 12.8. The second-order valence-electron chi connectivity index (χ2n) is 5.63. The van der Waals surface area contributed by atoms with Crippen LogP contribution in [-0.4, -0.2) is 47.2 Å². The Hall–Kier alpha value is -1.41. The lowest BCUT2D eigenvalue weighted by atomic mass is 10.0. The molecule has 1 aromatic carbocycles. The van der Waals surface area contributed by atoms with Crippen molar-refractivity contribution in [2.75, 3.05) is 24.7 Å². The number of β-amino-alcohol motifs (C(OH)–C–C–N with tert-alkyl or cyclic N) is 1. The van der Waals surface area contributed by atoms with Crippen LogP contribution in [-0.2, 0) is 0 Å². The van der Waals surface area contributed by atoms with Crippen molar-refractivity contribution in [3.8, 4) is 0 Å². The minimum Gasteiger partial charge on any atom is -0.379 e. The number of hydrogen-bond donors (Lipinski definition) is 2. The molecule has 0 radical (unpaired) electrons. The number of carbonyl (C=O) groups excluding carboxylic acids is 1. The Morgan fingerprint density at radius 2 is 2.17 bits per heavy atom. The number of hydrogen-bond acceptors (Lipinski definition) is 3. The van der Waals surface area contributed by atoms with Crippen LogP contribution in [0.5, 0.6) is 0 Å². The molecule has 1 fully saturated rings. The number of benzene rings is 1. The zero-order chi connectivity index (χ0) is 17.3. The Morgan fingerprint density at radius 3 is 2.74 bits per heavy atom. The summed E-state index contributed by atoms with van der Waals surface area (Å²) in [7, 11) is 0. The van der Waals surface area contributed by atoms with Crippen molar-refractivity contribution in [1.29, 1.82) is 0 Å². The number of thioether (sulfide) groups is 1. The van der Waals surface area contributed by atoms with Crippen molar-refractivity contribution in [1.82, 2.24) is 4.90 Å². The first kappa shape index (κ1) is 17.9. The molecule has 1 heterocycles. The summed E-state index contributed by atoms with van der Waals surface area (Å²) in [5, 5.41) is 12.4. The van der Waals surface area contributed by atoms with Crippen LogP contribution in [0.25, 0.3) is 0 Å². The predicted molar refractivity (Wildman–Crippen MR) is 84.6 cm³/mol. The van der Waals surface area contributed by atoms with Gasteiger partial charge in [0, 0.05) is 23.9 Å². The summed E-state index contributed by atoms with van der Waals surface area (Å²) in [6, 6.07) is 6.55. The van der Waals surface area contributed by atoms with E-state index in [1.165, 1.54) is 0 Å². The lowest BCUT2D eigenvalue weighted by Crippen LogP contribution is -2.48. The van der Waals surface area contributed by atoms with Crippen LogP contribution in [0.3, 0.4) is 0 Å². The molecule has 1 aliphatic rings. The molecule has 0 spiro atoms. The van der Waals surface area contributed by atoms with Crippen molar-refractivity contribution in [3.05, 3.63) is 29.8 Å². The number of amides is 2. The second kappa shape index (κ2) is 6.60. The second-order valence-corrected chi connectivity index (χ2v) is 6.81. The molecular formula is C15H19F3N2O2S. The molecule has 2 amide bonds. The van der Waals surface area contributed by atoms with E-state index in [-0.39, 0.29) is 11.8 Å². The summed E-state index contributed by atoms with van der Waals surface area (Å²) < 4.78 is 38.3. The van der Waals surface area contributed by atoms with Gasteiger partial charge in [0.1, 0.15) is 0 Å². The Balaban J connectivity index is 2.04. The van der Waals surface area contributed by atoms with Gasteiger partial charge in [-0.3, -0.25) is 0 Å². The van der Waals surface area contributed by atoms with Crippen molar-refractivity contribution < 1.29 is 23.1 Å². The Labute approximate surface area is 137 Å². The van der Waals surface area contributed by atoms with E-state index in [0.717, 1.165) is 10.5 Å². The summed E-state index contributed by atoms with van der Waals surface area (Å²) in [5.41, 5.74) is -1.28. The number of anilines is 1. The topological polar surface area (TPSA) is 52.6 Å². The first-order chi connectivity index (χ1) is 10.7. The summed E-state index contributed by atoms with van der Waals surface area (Å²) in [5.74, 6) is 0. The minimum absolute atomic E-state index is 0.136. The first-order valence-electron chi connectivity index (χ1n) is 7.14. The molecule has 0 unspecified atom stereocenters. The largest absolute Gasteiger partial charge is 0.419 e. The quantitative estimate of drug-likeness (QED) is 0.877. The number of halogens is 3. The molecule has 4 nitrogen and oxygen atoms in total. The maximum atomic E-state index is 12.8. The number of urea groups is 1. The highest BCUT2D eigenvalue weighted by molar-refractivity contribution is 7.98. The SMILES string of the molecule is CS[C@@H](C)c1cccc(NC(=O)N2CC[C@](O)(C(F)(F)F)C2)c1. The van der Waals surface area contributed by atoms with Gasteiger partial charge in [0.25, 0.3) is 0 Å². The van der Waals surface area contributed by atoms with E-state index in [1.54, 1.807) is 30.0 Å². The number of rotatable bonds is 3. The Bertz CT molecular complexity index is 582. The van der Waals surface area contributed by atoms with Gasteiger partial charge in [0.2, 0.25) is 0 Å². The fourth-order valence-electron chi connectivity index (χ4n) is 2.41. The van der Waals surface area contributed by atoms with Crippen LogP contribution in [0.4, 0.5) is 23.7 Å². The molecule has 0 saturated carbocycles. The van der Waals surface area contributed by atoms with Crippen molar-refractivity contribution in [2.45, 2.75) is 30.4 Å². The number of nitrogens with one attached hydrogen (secondary N) is 1. The Kier molecular flexibility index (Phi) is 5.15. The van der Waals surface area contributed by atoms with Gasteiger partial charge in [0.05, 0.1) is 6.54 Å². The van der Waals surface area contributed by atoms with Crippen molar-refractivity contribution in [2.24, 2.45) is 0 Å². The number of alkyl halides is 3. The monoisotopic (exact) mass is 348 g/mol. The molecule has 1 saturated heterocycles. The van der Waals surface area contributed by atoms with Gasteiger partial charge in [0.15, 0.2) is 5.60 Å². The third-order valence-electron chi connectivity index (χ3n) is 4.02. The molecule has 0 aromatic heterocycles. The molecule has 8 heteroatoms. The molecular weight excluding hydrogens is 329 g/mol. The lowest BCUT2D eigenvalue weighted by molar-refractivity contribution is -0.253. The van der Waals surface area contributed by atoms with Crippen LogP contribution in [0, 0.1) is 0 Å². The highest BCUT2D eigenvalue weighted by Crippen LogP contribution is 2.37. The molecule has 23 heavy (non-hydrogen) atoms. The van der Waals surface area contributed by atoms with Crippen LogP contribution in [0.1, 0.15) is 24.2 Å². The van der Waals surface area contributed by atoms with Crippen LogP contribution in [0.15, 0.2) is 24.3 Å². The van der Waals surface area contributed by atoms with E-state index in [2.05, 4.69) is 5.32 Å². The average Bonchev–Trinajstić information content (AvgIpc) is 2.90. The van der Waals surface area contributed by atoms with Crippen molar-refractivity contribution in [3.63, 3.8) is 0 Å². The Morgan fingerprint density at radius 1 is 1.48 bits per heavy atom. The van der Waals surface area contributed by atoms with Crippen LogP contribution >= 0.6 is 11.8 Å². The highest BCUT2D eigenvalue weighted by Gasteiger charge is 2.57. The molecule has 0 bridgehead atoms. The third kappa shape index (κ3) is 3.92. The molecule has 1 aliphatic heterocycles. The molecule has 1 aromatic rings. The number of aliphatic hydroxyl groups is 1. The third-order valence-corrected chi connectivity index (χ3v) is 5.00. The van der Waals surface area contributed by atoms with Gasteiger partial charge in [-0.05, 0) is 30.9 Å². The summed E-state index contributed by atoms with van der Waals surface area (Å²) >= 11 is 1.65. The minimum atomic E-state index is -4.74. The molecule has 2 atom stereocenters. The fraction of sp³-hybridized carbons (Fsp3) is 0.533. The standard InChI is InChI=1S/C15H19F3N2O2S/c1-10(23-2)11-4-3-5-12(8-11)19-13(21)20-7-6-14(22,9-20)15(16,17)18/h3-5,8,10,22H,6-7,9H2,1-2H3,(H,19,21)/t10-,14+/m0/s1. The summed E-state index contributed by atoms with van der Waals surface area (Å²) in [4.78, 5) is 13.1. The van der Waals surface area contributed by atoms with E-state index in [1.807, 2.05) is 19.2 Å². The van der Waals surface area contributed by atoms with Gasteiger partial charge >= 0.3 is 12.2 Å². The number of likely N-dealkylation sites (tertiary alicyclic amines) is 1. The van der Waals surface area contributed by atoms with Crippen LogP contribution in [0.2, 0.25) is 0 Å². The van der Waals surface area contributed by atoms with E-state index >= 15 is 0 Å². The zero-order valence-electron chi connectivity index (χ0n) is 12.9. The number of carbonyl (C=O) groups is 1. The smallest absolute Gasteiger partial charge is 0.379 e. The summed E-state index contributed by atoms with van der Waals surface area (Å²) in [6.45, 7) is 1.14. The van der Waals surface area contributed by atoms with Gasteiger partial charge in [-0.15, -0.1) is 0 Å². The van der Waals surface area contributed by atoms with Gasteiger partial charge in [-0.1, -0.05) is 12.1 Å². The van der Waals surface area contributed by atoms with E-state index in [0.29, 0.717) is 5.69 Å². The molecule has 0 aliphatic carbocycles. The molecule has 128 valence electrons. The molecule has 2 rings (SSSR count). The van der Waals surface area contributed by atoms with E-state index in [9.17, 15) is 23.1 Å². The normalized spacial score (nSPS) is 23.0. The average molecular weight is 348 g/mol. The van der Waals surface area contributed by atoms with Crippen molar-refractivity contribution >= 4 is 23.5 Å². The maximum Gasteiger partial charge on any atom is 0.419 e. The van der Waals surface area contributed by atoms with E-state index in [4.69, 9.17) is 0 Å². The van der Waals surface area contributed by atoms with E-state index < -0.39 is 30.8 Å². The van der Waals surface area contributed by atoms with Crippen LogP contribution < -0.4 is 5.32 Å².